The minimum atomic E-state index is -4.41. The fraction of sp³-hybridized carbons (Fsp3) is 0.263. The molecule has 7 rings (SSSR count). The molecular weight excluding hydrogens is 765 g/mol. The van der Waals surface area contributed by atoms with Crippen molar-refractivity contribution < 1.29 is 31.5 Å². The molecule has 1 fully saturated rings. The molecule has 19 heteroatoms. The van der Waals surface area contributed by atoms with Gasteiger partial charge in [0.1, 0.15) is 23.8 Å². The summed E-state index contributed by atoms with van der Waals surface area (Å²) in [5, 5.41) is 10.5. The Morgan fingerprint density at radius 2 is 1.70 bits per heavy atom. The number of aromatic nitrogens is 7. The molecule has 0 unspecified atom stereocenters. The second-order valence-electron chi connectivity index (χ2n) is 13.5. The van der Waals surface area contributed by atoms with Crippen molar-refractivity contribution >= 4 is 38.5 Å². The van der Waals surface area contributed by atoms with Gasteiger partial charge in [0.15, 0.2) is 0 Å². The van der Waals surface area contributed by atoms with Crippen molar-refractivity contribution in [3.05, 3.63) is 129 Å². The number of esters is 1. The second-order valence-corrected chi connectivity index (χ2v) is 15.2. The standard InChI is InChI=1S/C38H35F2N9O7S/c1-22-21-48(46-44-22)24-10-12-27(13-11-24)57(54,55)45-32-18-30(39)29(17-31(32)40)35(50)43-33(37(52)56-26-6-4-3-5-7-26)16-23-8-9-25(19-42-23)49-36(51)28-14-15-41-20-34(28)47(2)38(49)53/h8-15,17-21,26,33,45H,3-7,16H2,1-2H3,(H,43,50)/t33-/m0/s1. The van der Waals surface area contributed by atoms with Crippen LogP contribution < -0.4 is 21.3 Å². The van der Waals surface area contributed by atoms with Crippen molar-refractivity contribution in [1.29, 1.82) is 0 Å². The average molecular weight is 800 g/mol. The second kappa shape index (κ2) is 15.8. The van der Waals surface area contributed by atoms with Gasteiger partial charge >= 0.3 is 11.7 Å². The summed E-state index contributed by atoms with van der Waals surface area (Å²) in [4.78, 5) is 61.4. The zero-order valence-electron chi connectivity index (χ0n) is 30.6. The molecule has 1 amide bonds. The number of nitrogens with zero attached hydrogens (tertiary/aromatic N) is 7. The van der Waals surface area contributed by atoms with Gasteiger partial charge in [-0.15, -0.1) is 5.10 Å². The summed E-state index contributed by atoms with van der Waals surface area (Å²) in [5.74, 6) is -4.54. The van der Waals surface area contributed by atoms with Crippen LogP contribution in [0.1, 0.15) is 53.8 Å². The molecule has 1 aliphatic carbocycles. The van der Waals surface area contributed by atoms with Crippen LogP contribution in [-0.4, -0.2) is 66.5 Å². The Balaban J connectivity index is 1.10. The number of hydrogen-bond donors (Lipinski definition) is 2. The number of ether oxygens (including phenoxy) is 1. The zero-order chi connectivity index (χ0) is 40.4. The lowest BCUT2D eigenvalue weighted by Crippen LogP contribution is -2.45. The summed E-state index contributed by atoms with van der Waals surface area (Å²) >= 11 is 0. The summed E-state index contributed by atoms with van der Waals surface area (Å²) in [6.07, 6.45) is 8.98. The predicted molar refractivity (Wildman–Crippen MR) is 202 cm³/mol. The van der Waals surface area contributed by atoms with E-state index in [1.807, 2.05) is 4.72 Å². The highest BCUT2D eigenvalue weighted by molar-refractivity contribution is 7.92. The number of rotatable bonds is 11. The number of carbonyl (C=O) groups is 2. The Hall–Kier alpha value is -6.63. The Morgan fingerprint density at radius 3 is 2.39 bits per heavy atom. The molecule has 0 spiro atoms. The molecule has 4 heterocycles. The number of hydrogen-bond acceptors (Lipinski definition) is 11. The first-order valence-electron chi connectivity index (χ1n) is 17.8. The highest BCUT2D eigenvalue weighted by atomic mass is 32.2. The van der Waals surface area contributed by atoms with Crippen molar-refractivity contribution in [2.45, 2.75) is 62.5 Å². The van der Waals surface area contributed by atoms with E-state index in [0.29, 0.717) is 41.9 Å². The van der Waals surface area contributed by atoms with Crippen LogP contribution in [-0.2, 0) is 33.0 Å². The third-order valence-electron chi connectivity index (χ3n) is 9.54. The summed E-state index contributed by atoms with van der Waals surface area (Å²) < 4.78 is 68.4. The first-order chi connectivity index (χ1) is 27.3. The van der Waals surface area contributed by atoms with Crippen molar-refractivity contribution in [3.8, 4) is 11.4 Å². The van der Waals surface area contributed by atoms with E-state index in [2.05, 4.69) is 25.6 Å². The van der Waals surface area contributed by atoms with E-state index < -0.39 is 68.2 Å². The molecule has 4 aromatic heterocycles. The maximum atomic E-state index is 15.5. The normalized spacial score (nSPS) is 14.0. The summed E-state index contributed by atoms with van der Waals surface area (Å²) in [5.41, 5.74) is -0.911. The van der Waals surface area contributed by atoms with E-state index in [1.165, 1.54) is 77.4 Å². The van der Waals surface area contributed by atoms with E-state index >= 15 is 8.78 Å². The van der Waals surface area contributed by atoms with Crippen LogP contribution in [0.5, 0.6) is 0 Å². The van der Waals surface area contributed by atoms with Crippen LogP contribution >= 0.6 is 0 Å². The smallest absolute Gasteiger partial charge is 0.335 e. The molecule has 1 saturated carbocycles. The van der Waals surface area contributed by atoms with Gasteiger partial charge in [-0.25, -0.2) is 36.0 Å². The fourth-order valence-corrected chi connectivity index (χ4v) is 7.57. The molecule has 0 radical (unpaired) electrons. The van der Waals surface area contributed by atoms with Gasteiger partial charge in [-0.1, -0.05) is 11.6 Å². The maximum Gasteiger partial charge on any atom is 0.335 e. The fourth-order valence-electron chi connectivity index (χ4n) is 6.51. The number of pyridine rings is 2. The van der Waals surface area contributed by atoms with Gasteiger partial charge in [-0.3, -0.25) is 28.8 Å². The summed E-state index contributed by atoms with van der Waals surface area (Å²) in [6, 6.07) is 9.44. The number of anilines is 1. The first kappa shape index (κ1) is 38.6. The highest BCUT2D eigenvalue weighted by Crippen LogP contribution is 2.25. The molecule has 294 valence electrons. The largest absolute Gasteiger partial charge is 0.461 e. The molecule has 0 saturated heterocycles. The molecule has 0 bridgehead atoms. The Morgan fingerprint density at radius 1 is 0.965 bits per heavy atom. The number of aryl methyl sites for hydroxylation is 2. The molecule has 6 aromatic rings. The van der Waals surface area contributed by atoms with Gasteiger partial charge in [-0.2, -0.15) is 0 Å². The number of sulfonamides is 1. The van der Waals surface area contributed by atoms with Gasteiger partial charge in [0, 0.05) is 31.4 Å². The zero-order valence-corrected chi connectivity index (χ0v) is 31.4. The Labute approximate surface area is 323 Å². The van der Waals surface area contributed by atoms with E-state index in [4.69, 9.17) is 4.74 Å². The molecule has 1 atom stereocenters. The SMILES string of the molecule is Cc1cn(-c2ccc(S(=O)(=O)Nc3cc(F)c(C(=O)N[C@@H](Cc4ccc(-n5c(=O)c6ccncc6n(C)c5=O)cn4)C(=O)OC4CCCCC4)cc3F)cc2)nn1. The predicted octanol–water partition coefficient (Wildman–Crippen LogP) is 3.66. The first-order valence-corrected chi connectivity index (χ1v) is 19.3. The number of nitrogens with one attached hydrogen (secondary N) is 2. The molecule has 16 nitrogen and oxygen atoms in total. The third-order valence-corrected chi connectivity index (χ3v) is 10.9. The van der Waals surface area contributed by atoms with Crippen molar-refractivity contribution in [3.63, 3.8) is 0 Å². The van der Waals surface area contributed by atoms with Crippen LogP contribution in [0.25, 0.3) is 22.3 Å². The summed E-state index contributed by atoms with van der Waals surface area (Å²) in [6.45, 7) is 1.74. The van der Waals surface area contributed by atoms with Gasteiger partial charge in [0.2, 0.25) is 0 Å². The number of amides is 1. The van der Waals surface area contributed by atoms with Crippen LogP contribution in [0, 0.1) is 18.6 Å². The number of benzene rings is 2. The quantitative estimate of drug-likeness (QED) is 0.181. The molecular formula is C38H35F2N9O7S. The molecule has 0 aliphatic heterocycles. The van der Waals surface area contributed by atoms with E-state index in [1.54, 1.807) is 13.1 Å². The van der Waals surface area contributed by atoms with Gasteiger partial charge < -0.3 is 10.1 Å². The average Bonchev–Trinajstić information content (AvgIpc) is 3.65. The lowest BCUT2D eigenvalue weighted by Gasteiger charge is -2.25. The van der Waals surface area contributed by atoms with Gasteiger partial charge in [0.05, 0.1) is 62.7 Å². The van der Waals surface area contributed by atoms with Crippen LogP contribution in [0.4, 0.5) is 14.5 Å². The molecule has 2 N–H and O–H groups in total. The molecule has 57 heavy (non-hydrogen) atoms. The van der Waals surface area contributed by atoms with Gasteiger partial charge in [-0.05, 0) is 81.1 Å². The highest BCUT2D eigenvalue weighted by Gasteiger charge is 2.29. The van der Waals surface area contributed by atoms with Crippen LogP contribution in [0.2, 0.25) is 0 Å². The lowest BCUT2D eigenvalue weighted by atomic mass is 9.97. The lowest BCUT2D eigenvalue weighted by molar-refractivity contribution is -0.152. The topological polar surface area (TPSA) is 202 Å². The van der Waals surface area contributed by atoms with Crippen molar-refractivity contribution in [2.24, 2.45) is 7.05 Å². The van der Waals surface area contributed by atoms with E-state index in [-0.39, 0.29) is 28.1 Å². The Bertz CT molecular complexity index is 2730. The Kier molecular flexibility index (Phi) is 10.7. The van der Waals surface area contributed by atoms with Crippen molar-refractivity contribution in [2.75, 3.05) is 4.72 Å². The molecule has 2 aromatic carbocycles. The number of halogens is 2. The van der Waals surface area contributed by atoms with Crippen molar-refractivity contribution in [1.82, 2.24) is 39.4 Å². The number of carbonyl (C=O) groups excluding carboxylic acids is 2. The van der Waals surface area contributed by atoms with E-state index in [0.717, 1.165) is 23.8 Å². The molecule has 1 aliphatic rings. The monoisotopic (exact) mass is 799 g/mol. The van der Waals surface area contributed by atoms with E-state index in [9.17, 15) is 27.6 Å². The summed E-state index contributed by atoms with van der Waals surface area (Å²) in [7, 11) is -2.91. The van der Waals surface area contributed by atoms with Crippen LogP contribution in [0.3, 0.4) is 0 Å². The van der Waals surface area contributed by atoms with Gasteiger partial charge in [0.25, 0.3) is 21.5 Å². The minimum Gasteiger partial charge on any atom is -0.461 e. The number of fused-ring (bicyclic) bond motifs is 1. The minimum absolute atomic E-state index is 0.139. The third kappa shape index (κ3) is 8.18. The maximum absolute atomic E-state index is 15.5. The van der Waals surface area contributed by atoms with Crippen LogP contribution in [0.15, 0.2) is 93.9 Å².